The number of hydrogen-bond donors (Lipinski definition) is 2. The van der Waals surface area contributed by atoms with Crippen LogP contribution in [0, 0.1) is 3.57 Å². The van der Waals surface area contributed by atoms with E-state index in [1.54, 1.807) is 54.6 Å². The summed E-state index contributed by atoms with van der Waals surface area (Å²) in [6.07, 6.45) is 0. The number of amides is 2. The molecule has 0 saturated heterocycles. The van der Waals surface area contributed by atoms with Crippen LogP contribution in [0.3, 0.4) is 0 Å². The Labute approximate surface area is 207 Å². The number of halogens is 3. The lowest BCUT2D eigenvalue weighted by Gasteiger charge is -2.34. The zero-order chi connectivity index (χ0) is 23.0. The summed E-state index contributed by atoms with van der Waals surface area (Å²) in [6, 6.07) is 14.9. The van der Waals surface area contributed by atoms with Crippen molar-refractivity contribution in [1.82, 2.24) is 4.90 Å². The van der Waals surface area contributed by atoms with Gasteiger partial charge in [-0.3, -0.25) is 9.59 Å². The van der Waals surface area contributed by atoms with Crippen molar-refractivity contribution in [3.63, 3.8) is 0 Å². The minimum Gasteiger partial charge on any atom is -0.479 e. The molecule has 1 unspecified atom stereocenters. The highest BCUT2D eigenvalue weighted by molar-refractivity contribution is 14.1. The normalized spacial score (nSPS) is 16.7. The summed E-state index contributed by atoms with van der Waals surface area (Å²) in [5.74, 6) is -2.39. The average Bonchev–Trinajstić information content (AvgIpc) is 2.85. The van der Waals surface area contributed by atoms with E-state index in [1.165, 1.54) is 12.1 Å². The van der Waals surface area contributed by atoms with Gasteiger partial charge in [-0.2, -0.15) is 0 Å². The molecule has 2 N–H and O–H groups in total. The Morgan fingerprint density at radius 2 is 1.56 bits per heavy atom. The van der Waals surface area contributed by atoms with E-state index in [4.69, 9.17) is 23.2 Å². The summed E-state index contributed by atoms with van der Waals surface area (Å²) in [7, 11) is 0. The fraction of sp³-hybridized carbons (Fsp3) is 0.0870. The van der Waals surface area contributed by atoms with E-state index in [1.807, 2.05) is 0 Å². The second kappa shape index (κ2) is 9.09. The first-order valence-electron chi connectivity index (χ1n) is 9.43. The Morgan fingerprint density at radius 1 is 0.969 bits per heavy atom. The van der Waals surface area contributed by atoms with Crippen LogP contribution in [0.1, 0.15) is 33.6 Å². The molecule has 1 aliphatic rings. The minimum atomic E-state index is -1.44. The molecule has 9 heteroatoms. The number of carboxylic acid groups (broad SMARTS) is 1. The first kappa shape index (κ1) is 22.6. The van der Waals surface area contributed by atoms with Crippen LogP contribution in [-0.2, 0) is 9.59 Å². The quantitative estimate of drug-likeness (QED) is 0.396. The van der Waals surface area contributed by atoms with Gasteiger partial charge in [0.25, 0.3) is 11.8 Å². The van der Waals surface area contributed by atoms with Crippen molar-refractivity contribution in [2.75, 3.05) is 5.32 Å². The van der Waals surface area contributed by atoms with Gasteiger partial charge in [-0.25, -0.2) is 4.79 Å². The second-order valence-electron chi connectivity index (χ2n) is 7.14. The second-order valence-corrected chi connectivity index (χ2v) is 9.26. The fourth-order valence-electron chi connectivity index (χ4n) is 3.68. The number of carbonyl (C=O) groups excluding carboxylic acids is 2. The molecule has 2 amide bonds. The Morgan fingerprint density at radius 3 is 2.16 bits per heavy atom. The maximum atomic E-state index is 13.8. The van der Waals surface area contributed by atoms with Gasteiger partial charge in [0.05, 0.1) is 11.3 Å². The van der Waals surface area contributed by atoms with Crippen LogP contribution in [0.15, 0.2) is 66.7 Å². The molecular formula is C23H15Cl2IN2O4. The zero-order valence-corrected chi connectivity index (χ0v) is 19.9. The Kier molecular flexibility index (Phi) is 6.41. The maximum absolute atomic E-state index is 13.8. The van der Waals surface area contributed by atoms with E-state index in [9.17, 15) is 19.5 Å². The van der Waals surface area contributed by atoms with E-state index >= 15 is 0 Å². The number of benzene rings is 3. The minimum absolute atomic E-state index is 0.210. The van der Waals surface area contributed by atoms with Crippen molar-refractivity contribution in [2.45, 2.75) is 12.1 Å². The van der Waals surface area contributed by atoms with Gasteiger partial charge >= 0.3 is 5.97 Å². The van der Waals surface area contributed by atoms with Crippen LogP contribution in [0.5, 0.6) is 0 Å². The van der Waals surface area contributed by atoms with Crippen LogP contribution < -0.4 is 5.32 Å². The third kappa shape index (κ3) is 4.32. The topological polar surface area (TPSA) is 86.7 Å². The molecule has 32 heavy (non-hydrogen) atoms. The molecule has 0 aliphatic carbocycles. The summed E-state index contributed by atoms with van der Waals surface area (Å²) in [4.78, 5) is 40.7. The third-order valence-corrected chi connectivity index (χ3v) is 6.29. The van der Waals surface area contributed by atoms with E-state index in [0.29, 0.717) is 26.9 Å². The Bertz CT molecular complexity index is 1220. The van der Waals surface area contributed by atoms with Gasteiger partial charge in [0, 0.05) is 13.6 Å². The summed E-state index contributed by atoms with van der Waals surface area (Å²) < 4.78 is 0.771. The molecule has 0 fully saturated rings. The van der Waals surface area contributed by atoms with E-state index in [0.717, 1.165) is 8.47 Å². The van der Waals surface area contributed by atoms with Crippen molar-refractivity contribution in [1.29, 1.82) is 0 Å². The van der Waals surface area contributed by atoms with Crippen LogP contribution >= 0.6 is 45.8 Å². The van der Waals surface area contributed by atoms with Gasteiger partial charge < -0.3 is 15.3 Å². The smallest absolute Gasteiger partial charge is 0.331 e. The molecule has 0 aromatic heterocycles. The van der Waals surface area contributed by atoms with Gasteiger partial charge in [0.2, 0.25) is 0 Å². The number of fused-ring (bicyclic) bond motifs is 1. The van der Waals surface area contributed by atoms with Crippen molar-refractivity contribution in [2.24, 2.45) is 0 Å². The van der Waals surface area contributed by atoms with E-state index in [-0.39, 0.29) is 5.56 Å². The van der Waals surface area contributed by atoms with E-state index < -0.39 is 29.9 Å². The highest BCUT2D eigenvalue weighted by Crippen LogP contribution is 2.38. The van der Waals surface area contributed by atoms with Crippen molar-refractivity contribution >= 4 is 69.3 Å². The summed E-state index contributed by atoms with van der Waals surface area (Å²) >= 11 is 14.0. The molecule has 3 aromatic rings. The van der Waals surface area contributed by atoms with Crippen molar-refractivity contribution in [3.05, 3.63) is 97.0 Å². The predicted molar refractivity (Wildman–Crippen MR) is 130 cm³/mol. The molecule has 0 saturated carbocycles. The molecule has 1 heterocycles. The molecule has 4 rings (SSSR count). The monoisotopic (exact) mass is 580 g/mol. The molecule has 0 bridgehead atoms. The van der Waals surface area contributed by atoms with Crippen molar-refractivity contribution in [3.8, 4) is 0 Å². The van der Waals surface area contributed by atoms with Gasteiger partial charge in [0.15, 0.2) is 6.04 Å². The summed E-state index contributed by atoms with van der Waals surface area (Å²) in [6.45, 7) is 0. The standard InChI is InChI=1S/C23H15Cl2IN2O4/c24-14-5-1-12(2-6-14)19-21(29)27-18-10-9-16(26)11-17(18)22(30)28(19)20(23(31)32)13-3-7-15(25)8-4-13/h1-11,19-20H,(H,27,29)(H,31,32)/t19?,20-/m0/s1. The highest BCUT2D eigenvalue weighted by Gasteiger charge is 2.43. The zero-order valence-electron chi connectivity index (χ0n) is 16.3. The number of hydrogen-bond acceptors (Lipinski definition) is 3. The summed E-state index contributed by atoms with van der Waals surface area (Å²) in [5, 5.41) is 13.8. The number of carbonyl (C=O) groups is 3. The highest BCUT2D eigenvalue weighted by atomic mass is 127. The van der Waals surface area contributed by atoms with Crippen LogP contribution in [0.4, 0.5) is 5.69 Å². The lowest BCUT2D eigenvalue weighted by molar-refractivity contribution is -0.144. The van der Waals surface area contributed by atoms with Crippen LogP contribution in [0.25, 0.3) is 0 Å². The fourth-order valence-corrected chi connectivity index (χ4v) is 4.42. The van der Waals surface area contributed by atoms with Gasteiger partial charge in [0.1, 0.15) is 6.04 Å². The maximum Gasteiger partial charge on any atom is 0.331 e. The molecule has 0 radical (unpaired) electrons. The molecule has 0 spiro atoms. The number of nitrogens with zero attached hydrogens (tertiary/aromatic N) is 1. The average molecular weight is 581 g/mol. The number of carboxylic acids is 1. The Hall–Kier alpha value is -2.62. The predicted octanol–water partition coefficient (Wildman–Crippen LogP) is 5.56. The van der Waals surface area contributed by atoms with Gasteiger partial charge in [-0.05, 0) is 76.2 Å². The van der Waals surface area contributed by atoms with Crippen LogP contribution in [-0.4, -0.2) is 27.8 Å². The SMILES string of the molecule is O=C1Nc2ccc(I)cc2C(=O)N([C@H](C(=O)O)c2ccc(Cl)cc2)C1c1ccc(Cl)cc1. The molecule has 1 aliphatic heterocycles. The first-order valence-corrected chi connectivity index (χ1v) is 11.3. The number of rotatable bonds is 4. The lowest BCUT2D eigenvalue weighted by atomic mass is 9.98. The molecule has 6 nitrogen and oxygen atoms in total. The third-order valence-electron chi connectivity index (χ3n) is 5.11. The van der Waals surface area contributed by atoms with Crippen LogP contribution in [0.2, 0.25) is 10.0 Å². The van der Waals surface area contributed by atoms with Crippen molar-refractivity contribution < 1.29 is 19.5 Å². The van der Waals surface area contributed by atoms with Gasteiger partial charge in [-0.15, -0.1) is 0 Å². The Balaban J connectivity index is 1.95. The van der Waals surface area contributed by atoms with Gasteiger partial charge in [-0.1, -0.05) is 47.5 Å². The van der Waals surface area contributed by atoms with E-state index in [2.05, 4.69) is 27.9 Å². The number of nitrogens with one attached hydrogen (secondary N) is 1. The lowest BCUT2D eigenvalue weighted by Crippen LogP contribution is -2.44. The molecular weight excluding hydrogens is 566 g/mol. The molecule has 3 aromatic carbocycles. The number of anilines is 1. The molecule has 2 atom stereocenters. The largest absolute Gasteiger partial charge is 0.479 e. The summed E-state index contributed by atoms with van der Waals surface area (Å²) in [5.41, 5.74) is 1.28. The first-order chi connectivity index (χ1) is 15.3. The number of aliphatic carboxylic acids is 1. The molecule has 162 valence electrons.